The minimum atomic E-state index is -0.434. The highest BCUT2D eigenvalue weighted by atomic mass is 16.2. The summed E-state index contributed by atoms with van der Waals surface area (Å²) in [4.78, 5) is 37.1. The predicted octanol–water partition coefficient (Wildman–Crippen LogP) is 1.62. The zero-order chi connectivity index (χ0) is 18.7. The first kappa shape index (κ1) is 17.7. The number of benzene rings is 2. The lowest BCUT2D eigenvalue weighted by molar-refractivity contribution is -0.119. The van der Waals surface area contributed by atoms with Crippen LogP contribution in [-0.2, 0) is 24.3 Å². The summed E-state index contributed by atoms with van der Waals surface area (Å²) in [5.74, 6) is -0.574. The first-order valence-electron chi connectivity index (χ1n) is 8.49. The van der Waals surface area contributed by atoms with Crippen LogP contribution in [0.2, 0.25) is 0 Å². The average molecular weight is 351 g/mol. The number of hydrogen-bond acceptors (Lipinski definition) is 3. The van der Waals surface area contributed by atoms with Crippen molar-refractivity contribution in [3.05, 3.63) is 70.3 Å². The van der Waals surface area contributed by atoms with Crippen LogP contribution in [0.3, 0.4) is 0 Å². The van der Waals surface area contributed by atoms with E-state index in [-0.39, 0.29) is 11.8 Å². The third kappa shape index (κ3) is 3.74. The highest BCUT2D eigenvalue weighted by Gasteiger charge is 2.24. The summed E-state index contributed by atoms with van der Waals surface area (Å²) in [5, 5.41) is 2.73. The average Bonchev–Trinajstić information content (AvgIpc) is 2.65. The number of amides is 3. The molecule has 1 aliphatic rings. The molecule has 0 saturated carbocycles. The van der Waals surface area contributed by atoms with Gasteiger partial charge in [-0.05, 0) is 41.3 Å². The fraction of sp³-hybridized carbons (Fsp3) is 0.250. The van der Waals surface area contributed by atoms with E-state index in [2.05, 4.69) is 5.32 Å². The summed E-state index contributed by atoms with van der Waals surface area (Å²) in [6.07, 6.45) is 0.612. The summed E-state index contributed by atoms with van der Waals surface area (Å²) in [5.41, 5.74) is 9.41. The molecule has 3 amide bonds. The Balaban J connectivity index is 1.72. The van der Waals surface area contributed by atoms with Crippen LogP contribution in [-0.4, -0.2) is 29.2 Å². The number of carbonyl (C=O) groups is 3. The lowest BCUT2D eigenvalue weighted by Crippen LogP contribution is -2.36. The van der Waals surface area contributed by atoms with Crippen molar-refractivity contribution >= 4 is 17.7 Å². The Bertz CT molecular complexity index is 859. The summed E-state index contributed by atoms with van der Waals surface area (Å²) < 4.78 is 0. The van der Waals surface area contributed by atoms with E-state index in [0.29, 0.717) is 37.2 Å². The minimum Gasteiger partial charge on any atom is -0.366 e. The van der Waals surface area contributed by atoms with E-state index in [0.717, 1.165) is 16.7 Å². The van der Waals surface area contributed by atoms with Crippen molar-refractivity contribution in [2.24, 2.45) is 5.73 Å². The number of rotatable bonds is 4. The molecule has 3 rings (SSSR count). The second kappa shape index (κ2) is 7.39. The van der Waals surface area contributed by atoms with Crippen molar-refractivity contribution in [1.82, 2.24) is 10.2 Å². The zero-order valence-corrected chi connectivity index (χ0v) is 14.6. The fourth-order valence-electron chi connectivity index (χ4n) is 3.19. The molecule has 6 nitrogen and oxygen atoms in total. The van der Waals surface area contributed by atoms with Crippen molar-refractivity contribution in [3.63, 3.8) is 0 Å². The van der Waals surface area contributed by atoms with Crippen LogP contribution in [0.4, 0.5) is 0 Å². The summed E-state index contributed by atoms with van der Waals surface area (Å²) in [7, 11) is 0. The second-order valence-electron chi connectivity index (χ2n) is 6.39. The van der Waals surface area contributed by atoms with Crippen LogP contribution in [0, 0.1) is 0 Å². The first-order chi connectivity index (χ1) is 12.5. The van der Waals surface area contributed by atoms with Gasteiger partial charge >= 0.3 is 0 Å². The molecule has 0 radical (unpaired) electrons. The van der Waals surface area contributed by atoms with Crippen molar-refractivity contribution in [2.45, 2.75) is 26.4 Å². The molecule has 2 aromatic carbocycles. The monoisotopic (exact) mass is 351 g/mol. The van der Waals surface area contributed by atoms with Crippen LogP contribution < -0.4 is 11.1 Å². The van der Waals surface area contributed by atoms with Crippen LogP contribution >= 0.6 is 0 Å². The van der Waals surface area contributed by atoms with Gasteiger partial charge in [0.25, 0.3) is 5.91 Å². The number of nitrogens with two attached hydrogens (primary N) is 1. The topological polar surface area (TPSA) is 92.5 Å². The number of carbonyl (C=O) groups excluding carboxylic acids is 3. The Hall–Kier alpha value is -3.15. The zero-order valence-electron chi connectivity index (χ0n) is 14.6. The highest BCUT2D eigenvalue weighted by Crippen LogP contribution is 2.23. The van der Waals surface area contributed by atoms with Crippen LogP contribution in [0.25, 0.3) is 0 Å². The van der Waals surface area contributed by atoms with Gasteiger partial charge in [0.1, 0.15) is 0 Å². The Morgan fingerprint density at radius 2 is 1.85 bits per heavy atom. The number of fused-ring (bicyclic) bond motifs is 1. The molecule has 1 aliphatic heterocycles. The van der Waals surface area contributed by atoms with E-state index in [9.17, 15) is 14.4 Å². The SMILES string of the molecule is CC(=O)NCc1ccc(C(=O)N2CCc3c(cccc3C(N)=O)C2)cc1. The van der Waals surface area contributed by atoms with Crippen molar-refractivity contribution < 1.29 is 14.4 Å². The lowest BCUT2D eigenvalue weighted by atomic mass is 9.94. The molecule has 0 fully saturated rings. The third-order valence-electron chi connectivity index (χ3n) is 4.56. The van der Waals surface area contributed by atoms with E-state index in [1.165, 1.54) is 6.92 Å². The van der Waals surface area contributed by atoms with Gasteiger partial charge in [0.05, 0.1) is 0 Å². The van der Waals surface area contributed by atoms with Gasteiger partial charge in [-0.2, -0.15) is 0 Å². The van der Waals surface area contributed by atoms with E-state index in [1.807, 2.05) is 18.2 Å². The summed E-state index contributed by atoms with van der Waals surface area (Å²) in [6, 6.07) is 12.7. The van der Waals surface area contributed by atoms with Crippen molar-refractivity contribution in [2.75, 3.05) is 6.54 Å². The van der Waals surface area contributed by atoms with E-state index in [4.69, 9.17) is 5.73 Å². The van der Waals surface area contributed by atoms with Crippen molar-refractivity contribution in [1.29, 1.82) is 0 Å². The fourth-order valence-corrected chi connectivity index (χ4v) is 3.19. The largest absolute Gasteiger partial charge is 0.366 e. The van der Waals surface area contributed by atoms with E-state index >= 15 is 0 Å². The van der Waals surface area contributed by atoms with Crippen LogP contribution in [0.5, 0.6) is 0 Å². The Morgan fingerprint density at radius 1 is 1.12 bits per heavy atom. The Morgan fingerprint density at radius 3 is 2.50 bits per heavy atom. The maximum Gasteiger partial charge on any atom is 0.254 e. The number of nitrogens with one attached hydrogen (secondary N) is 1. The molecule has 0 spiro atoms. The third-order valence-corrected chi connectivity index (χ3v) is 4.56. The van der Waals surface area contributed by atoms with E-state index < -0.39 is 5.91 Å². The van der Waals surface area contributed by atoms with Gasteiger partial charge in [-0.15, -0.1) is 0 Å². The van der Waals surface area contributed by atoms with Gasteiger partial charge in [-0.1, -0.05) is 24.3 Å². The van der Waals surface area contributed by atoms with Crippen LogP contribution in [0.1, 0.15) is 44.3 Å². The molecule has 3 N–H and O–H groups in total. The standard InChI is InChI=1S/C20H21N3O3/c1-13(24)22-11-14-5-7-15(8-6-14)20(26)23-10-9-17-16(12-23)3-2-4-18(17)19(21)25/h2-8H,9-12H2,1H3,(H2,21,25)(H,22,24). The number of hydrogen-bond donors (Lipinski definition) is 2. The predicted molar refractivity (Wildman–Crippen MR) is 97.4 cm³/mol. The van der Waals surface area contributed by atoms with Gasteiger partial charge < -0.3 is 16.0 Å². The molecule has 0 bridgehead atoms. The minimum absolute atomic E-state index is 0.0498. The molecule has 26 heavy (non-hydrogen) atoms. The summed E-state index contributed by atoms with van der Waals surface area (Å²) >= 11 is 0. The van der Waals surface area contributed by atoms with Crippen molar-refractivity contribution in [3.8, 4) is 0 Å². The van der Waals surface area contributed by atoms with Gasteiger partial charge in [-0.3, -0.25) is 14.4 Å². The lowest BCUT2D eigenvalue weighted by Gasteiger charge is -2.30. The van der Waals surface area contributed by atoms with Gasteiger partial charge in [0.2, 0.25) is 11.8 Å². The maximum atomic E-state index is 12.8. The Labute approximate surface area is 152 Å². The van der Waals surface area contributed by atoms with E-state index in [1.54, 1.807) is 29.2 Å². The molecule has 0 aliphatic carbocycles. The highest BCUT2D eigenvalue weighted by molar-refractivity contribution is 5.96. The number of nitrogens with zero attached hydrogens (tertiary/aromatic N) is 1. The molecule has 0 aromatic heterocycles. The molecule has 134 valence electrons. The summed E-state index contributed by atoms with van der Waals surface area (Å²) in [6.45, 7) is 2.92. The maximum absolute atomic E-state index is 12.8. The molecule has 0 atom stereocenters. The van der Waals surface area contributed by atoms with Crippen LogP contribution in [0.15, 0.2) is 42.5 Å². The van der Waals surface area contributed by atoms with Gasteiger partial charge in [0, 0.05) is 37.7 Å². The Kier molecular flexibility index (Phi) is 5.02. The smallest absolute Gasteiger partial charge is 0.254 e. The number of primary amides is 1. The molecule has 6 heteroatoms. The van der Waals surface area contributed by atoms with Gasteiger partial charge in [-0.25, -0.2) is 0 Å². The molecule has 2 aromatic rings. The first-order valence-corrected chi connectivity index (χ1v) is 8.49. The molecule has 0 unspecified atom stereocenters. The molecule has 0 saturated heterocycles. The normalized spacial score (nSPS) is 13.0. The second-order valence-corrected chi connectivity index (χ2v) is 6.39. The molecular weight excluding hydrogens is 330 g/mol. The molecular formula is C20H21N3O3. The van der Waals surface area contributed by atoms with Gasteiger partial charge in [0.15, 0.2) is 0 Å². The molecule has 1 heterocycles. The quantitative estimate of drug-likeness (QED) is 0.877.